The summed E-state index contributed by atoms with van der Waals surface area (Å²) >= 11 is 0. The minimum atomic E-state index is -0.0398. The highest BCUT2D eigenvalue weighted by molar-refractivity contribution is 5.79. The molecule has 0 spiro atoms. The minimum absolute atomic E-state index is 0.0398. The molecule has 1 amide bonds. The first-order chi connectivity index (χ1) is 13.1. The minimum Gasteiger partial charge on any atom is -0.478 e. The highest BCUT2D eigenvalue weighted by atomic mass is 16.5. The molecule has 0 bridgehead atoms. The second-order valence-corrected chi connectivity index (χ2v) is 6.49. The molecule has 0 saturated carbocycles. The zero-order valence-electron chi connectivity index (χ0n) is 16.0. The first-order valence-corrected chi connectivity index (χ1v) is 9.08. The van der Waals surface area contributed by atoms with Crippen LogP contribution in [-0.2, 0) is 16.6 Å². The number of methoxy groups -OCH3 is 1. The summed E-state index contributed by atoms with van der Waals surface area (Å²) in [6, 6.07) is 1.73. The molecule has 27 heavy (non-hydrogen) atoms. The van der Waals surface area contributed by atoms with Crippen LogP contribution in [-0.4, -0.2) is 64.0 Å². The highest BCUT2D eigenvalue weighted by Gasteiger charge is 2.40. The molecule has 1 aliphatic heterocycles. The Bertz CT molecular complexity index is 765. The van der Waals surface area contributed by atoms with Crippen LogP contribution in [0.3, 0.4) is 0 Å². The molecule has 2 aromatic rings. The zero-order valence-corrected chi connectivity index (χ0v) is 16.0. The lowest BCUT2D eigenvalue weighted by molar-refractivity contribution is -0.129. The lowest BCUT2D eigenvalue weighted by Gasteiger charge is -2.27. The number of ether oxygens (including phenoxy) is 2. The van der Waals surface area contributed by atoms with Crippen molar-refractivity contribution >= 4 is 11.7 Å². The molecular weight excluding hydrogens is 348 g/mol. The van der Waals surface area contributed by atoms with E-state index in [2.05, 4.69) is 20.4 Å². The molecule has 1 fully saturated rings. The fourth-order valence-electron chi connectivity index (χ4n) is 3.44. The summed E-state index contributed by atoms with van der Waals surface area (Å²) in [7, 11) is 3.52. The third kappa shape index (κ3) is 4.54. The van der Waals surface area contributed by atoms with Gasteiger partial charge in [-0.1, -0.05) is 0 Å². The summed E-state index contributed by atoms with van der Waals surface area (Å²) < 4.78 is 12.4. The Morgan fingerprint density at radius 3 is 2.93 bits per heavy atom. The third-order valence-electron chi connectivity index (χ3n) is 4.62. The zero-order chi connectivity index (χ0) is 19.2. The number of amides is 1. The van der Waals surface area contributed by atoms with Crippen molar-refractivity contribution in [2.45, 2.75) is 19.4 Å². The van der Waals surface area contributed by atoms with Gasteiger partial charge in [0.05, 0.1) is 25.5 Å². The average molecular weight is 374 g/mol. The van der Waals surface area contributed by atoms with E-state index in [1.807, 2.05) is 31.3 Å². The number of carbonyl (C=O) groups excluding carboxylic acids is 1. The van der Waals surface area contributed by atoms with Crippen molar-refractivity contribution in [2.75, 3.05) is 38.7 Å². The Hall–Kier alpha value is -2.68. The summed E-state index contributed by atoms with van der Waals surface area (Å²) in [5.74, 6) is 1.44. The number of aromatic nitrogens is 4. The summed E-state index contributed by atoms with van der Waals surface area (Å²) in [5.41, 5.74) is 1.03. The predicted octanol–water partition coefficient (Wildman–Crippen LogP) is 1.26. The molecule has 0 aliphatic carbocycles. The van der Waals surface area contributed by atoms with Crippen molar-refractivity contribution in [1.29, 1.82) is 0 Å². The summed E-state index contributed by atoms with van der Waals surface area (Å²) in [6.45, 7) is 4.13. The first kappa shape index (κ1) is 19.1. The molecule has 0 unspecified atom stereocenters. The first-order valence-electron chi connectivity index (χ1n) is 9.08. The van der Waals surface area contributed by atoms with Crippen LogP contribution in [0.4, 0.5) is 5.82 Å². The molecule has 3 heterocycles. The quantitative estimate of drug-likeness (QED) is 0.706. The molecule has 1 aliphatic rings. The van der Waals surface area contributed by atoms with Gasteiger partial charge in [0.25, 0.3) is 0 Å². The number of rotatable bonds is 9. The third-order valence-corrected chi connectivity index (χ3v) is 4.62. The number of carbonyl (C=O) groups is 1. The second-order valence-electron chi connectivity index (χ2n) is 6.49. The van der Waals surface area contributed by atoms with Crippen LogP contribution in [0.1, 0.15) is 24.9 Å². The molecule has 2 aromatic heterocycles. The second kappa shape index (κ2) is 8.81. The average Bonchev–Trinajstić information content (AvgIpc) is 3.21. The van der Waals surface area contributed by atoms with Gasteiger partial charge in [0.2, 0.25) is 11.8 Å². The fraction of sp³-hybridized carbons (Fsp3) is 0.556. The smallest absolute Gasteiger partial charge is 0.223 e. The van der Waals surface area contributed by atoms with E-state index in [1.165, 1.54) is 6.33 Å². The van der Waals surface area contributed by atoms with Crippen LogP contribution in [0.25, 0.3) is 0 Å². The Morgan fingerprint density at radius 1 is 1.37 bits per heavy atom. The highest BCUT2D eigenvalue weighted by Crippen LogP contribution is 2.37. The van der Waals surface area contributed by atoms with E-state index in [9.17, 15) is 4.79 Å². The SMILES string of the molecule is CCOc1cc(NC[C@@H]2CC(=O)N(CCOC)[C@H]2c2cnn(C)c2)ncn1. The maximum atomic E-state index is 12.6. The van der Waals surface area contributed by atoms with E-state index < -0.39 is 0 Å². The van der Waals surface area contributed by atoms with Gasteiger partial charge in [0.1, 0.15) is 12.1 Å². The Kier molecular flexibility index (Phi) is 6.23. The van der Waals surface area contributed by atoms with Crippen molar-refractivity contribution in [1.82, 2.24) is 24.6 Å². The molecule has 3 rings (SSSR count). The maximum Gasteiger partial charge on any atom is 0.223 e. The summed E-state index contributed by atoms with van der Waals surface area (Å²) in [6.07, 6.45) is 5.73. The maximum absolute atomic E-state index is 12.6. The van der Waals surface area contributed by atoms with Gasteiger partial charge >= 0.3 is 0 Å². The summed E-state index contributed by atoms with van der Waals surface area (Å²) in [4.78, 5) is 22.8. The number of anilines is 1. The van der Waals surface area contributed by atoms with Gasteiger partial charge in [-0.25, -0.2) is 9.97 Å². The number of nitrogens with zero attached hydrogens (tertiary/aromatic N) is 5. The molecular formula is C18H26N6O3. The van der Waals surface area contributed by atoms with E-state index >= 15 is 0 Å². The van der Waals surface area contributed by atoms with Crippen molar-refractivity contribution in [3.8, 4) is 5.88 Å². The molecule has 9 heteroatoms. The van der Waals surface area contributed by atoms with Crippen molar-refractivity contribution in [3.05, 3.63) is 30.4 Å². The molecule has 1 N–H and O–H groups in total. The molecule has 146 valence electrons. The van der Waals surface area contributed by atoms with Gasteiger partial charge in [-0.3, -0.25) is 9.48 Å². The van der Waals surface area contributed by atoms with Gasteiger partial charge in [0.15, 0.2) is 0 Å². The topological polar surface area (TPSA) is 94.4 Å². The lowest BCUT2D eigenvalue weighted by Crippen LogP contribution is -2.33. The number of aryl methyl sites for hydroxylation is 1. The van der Waals surface area contributed by atoms with Crippen LogP contribution < -0.4 is 10.1 Å². The van der Waals surface area contributed by atoms with Gasteiger partial charge in [-0.05, 0) is 6.92 Å². The molecule has 0 radical (unpaired) electrons. The van der Waals surface area contributed by atoms with Crippen LogP contribution in [0.2, 0.25) is 0 Å². The lowest BCUT2D eigenvalue weighted by atomic mass is 9.95. The van der Waals surface area contributed by atoms with Crippen molar-refractivity contribution < 1.29 is 14.3 Å². The summed E-state index contributed by atoms with van der Waals surface area (Å²) in [5, 5.41) is 7.60. The number of likely N-dealkylation sites (tertiary alicyclic amines) is 1. The van der Waals surface area contributed by atoms with Crippen molar-refractivity contribution in [2.24, 2.45) is 13.0 Å². The number of nitrogens with one attached hydrogen (secondary N) is 1. The van der Waals surface area contributed by atoms with E-state index in [4.69, 9.17) is 9.47 Å². The molecule has 1 saturated heterocycles. The monoisotopic (exact) mass is 374 g/mol. The molecule has 0 aromatic carbocycles. The van der Waals surface area contributed by atoms with Crippen LogP contribution >= 0.6 is 0 Å². The number of hydrogen-bond donors (Lipinski definition) is 1. The van der Waals surface area contributed by atoms with Gasteiger partial charge < -0.3 is 19.7 Å². The Labute approximate surface area is 158 Å². The van der Waals surface area contributed by atoms with Gasteiger partial charge in [-0.2, -0.15) is 5.10 Å². The van der Waals surface area contributed by atoms with Crippen LogP contribution in [0.5, 0.6) is 5.88 Å². The number of hydrogen-bond acceptors (Lipinski definition) is 7. The Morgan fingerprint density at radius 2 is 2.22 bits per heavy atom. The van der Waals surface area contributed by atoms with Gasteiger partial charge in [0, 0.05) is 57.4 Å². The largest absolute Gasteiger partial charge is 0.478 e. The predicted molar refractivity (Wildman–Crippen MR) is 99.3 cm³/mol. The van der Waals surface area contributed by atoms with Crippen LogP contribution in [0, 0.1) is 5.92 Å². The van der Waals surface area contributed by atoms with Crippen LogP contribution in [0.15, 0.2) is 24.8 Å². The van der Waals surface area contributed by atoms with Gasteiger partial charge in [-0.15, -0.1) is 0 Å². The Balaban J connectivity index is 1.74. The van der Waals surface area contributed by atoms with Crippen molar-refractivity contribution in [3.63, 3.8) is 0 Å². The molecule has 9 nitrogen and oxygen atoms in total. The molecule has 2 atom stereocenters. The van der Waals surface area contributed by atoms with E-state index in [0.29, 0.717) is 44.4 Å². The van der Waals surface area contributed by atoms with E-state index in [0.717, 1.165) is 5.56 Å². The standard InChI is InChI=1S/C18H26N6O3/c1-4-27-16-8-15(20-12-21-16)19-9-13-7-17(25)24(5-6-26-3)18(13)14-10-22-23(2)11-14/h8,10-13,18H,4-7,9H2,1-3H3,(H,19,20,21)/t13-,18+/m0/s1. The van der Waals surface area contributed by atoms with E-state index in [-0.39, 0.29) is 17.9 Å². The normalized spacial score (nSPS) is 19.5. The fourth-order valence-corrected chi connectivity index (χ4v) is 3.44. The van der Waals surface area contributed by atoms with E-state index in [1.54, 1.807) is 17.9 Å².